The molecule has 168 valence electrons. The molecule has 1 aromatic heterocycles. The topological polar surface area (TPSA) is 42.4 Å². The quantitative estimate of drug-likeness (QED) is 0.622. The van der Waals surface area contributed by atoms with Crippen LogP contribution >= 0.6 is 0 Å². The number of amides is 1. The van der Waals surface area contributed by atoms with E-state index < -0.39 is 0 Å². The van der Waals surface area contributed by atoms with Gasteiger partial charge in [0.15, 0.2) is 0 Å². The molecule has 0 aromatic carbocycles. The summed E-state index contributed by atoms with van der Waals surface area (Å²) in [4.78, 5) is 19.3. The fraction of sp³-hybridized carbons (Fsp3) is 0.704. The van der Waals surface area contributed by atoms with Crippen molar-refractivity contribution in [2.45, 2.75) is 78.7 Å². The Morgan fingerprint density at radius 3 is 2.77 bits per heavy atom. The SMILES string of the molecule is CCOc1cncc(C2=CCC3C4CCC5N(C(=O)CC)CCC5(C)C4CCC23C)c1. The average Bonchev–Trinajstić information content (AvgIpc) is 3.30. The van der Waals surface area contributed by atoms with Crippen molar-refractivity contribution in [1.82, 2.24) is 9.88 Å². The number of pyridine rings is 1. The molecule has 2 heterocycles. The molecule has 5 rings (SSSR count). The fourth-order valence-electron chi connectivity index (χ4n) is 8.15. The molecule has 0 spiro atoms. The van der Waals surface area contributed by atoms with Gasteiger partial charge in [0.25, 0.3) is 0 Å². The number of hydrogen-bond acceptors (Lipinski definition) is 3. The van der Waals surface area contributed by atoms with Crippen LogP contribution in [0.3, 0.4) is 0 Å². The highest BCUT2D eigenvalue weighted by atomic mass is 16.5. The Morgan fingerprint density at radius 1 is 1.16 bits per heavy atom. The summed E-state index contributed by atoms with van der Waals surface area (Å²) in [5, 5.41) is 0. The third kappa shape index (κ3) is 3.08. The Balaban J connectivity index is 1.40. The summed E-state index contributed by atoms with van der Waals surface area (Å²) in [6.45, 7) is 10.7. The van der Waals surface area contributed by atoms with Gasteiger partial charge in [-0.05, 0) is 91.2 Å². The van der Waals surface area contributed by atoms with Gasteiger partial charge in [0.2, 0.25) is 5.91 Å². The van der Waals surface area contributed by atoms with E-state index in [0.717, 1.165) is 24.1 Å². The second-order valence-electron chi connectivity index (χ2n) is 10.8. The van der Waals surface area contributed by atoms with Gasteiger partial charge in [0.05, 0.1) is 12.8 Å². The summed E-state index contributed by atoms with van der Waals surface area (Å²) < 4.78 is 5.74. The molecule has 31 heavy (non-hydrogen) atoms. The Hall–Kier alpha value is -1.84. The molecule has 1 aliphatic heterocycles. The van der Waals surface area contributed by atoms with E-state index in [9.17, 15) is 4.79 Å². The number of ether oxygens (including phenoxy) is 1. The van der Waals surface area contributed by atoms with E-state index >= 15 is 0 Å². The first kappa shape index (κ1) is 21.0. The normalized spacial score (nSPS) is 38.8. The molecule has 1 aromatic rings. The average molecular weight is 423 g/mol. The maximum absolute atomic E-state index is 12.6. The molecule has 6 atom stereocenters. The van der Waals surface area contributed by atoms with Crippen molar-refractivity contribution in [3.63, 3.8) is 0 Å². The zero-order chi connectivity index (χ0) is 21.8. The lowest BCUT2D eigenvalue weighted by atomic mass is 9.48. The number of likely N-dealkylation sites (tertiary alicyclic amines) is 1. The molecule has 1 amide bonds. The van der Waals surface area contributed by atoms with Crippen LogP contribution < -0.4 is 4.74 Å². The minimum absolute atomic E-state index is 0.231. The maximum atomic E-state index is 12.6. The lowest BCUT2D eigenvalue weighted by molar-refractivity contribution is -0.136. The zero-order valence-corrected chi connectivity index (χ0v) is 19.7. The third-order valence-electron chi connectivity index (χ3n) is 9.63. The van der Waals surface area contributed by atoms with Gasteiger partial charge in [0.1, 0.15) is 5.75 Å². The Morgan fingerprint density at radius 2 is 2.00 bits per heavy atom. The van der Waals surface area contributed by atoms with E-state index in [1.807, 2.05) is 26.2 Å². The van der Waals surface area contributed by atoms with Crippen molar-refractivity contribution in [2.24, 2.45) is 28.6 Å². The molecule has 2 saturated carbocycles. The minimum atomic E-state index is 0.231. The number of carbonyl (C=O) groups is 1. The molecule has 4 aliphatic rings. The molecule has 4 nitrogen and oxygen atoms in total. The van der Waals surface area contributed by atoms with Crippen LogP contribution in [0.1, 0.15) is 78.2 Å². The number of carbonyl (C=O) groups excluding carboxylic acids is 1. The van der Waals surface area contributed by atoms with Crippen LogP contribution in [0.4, 0.5) is 0 Å². The largest absolute Gasteiger partial charge is 0.492 e. The van der Waals surface area contributed by atoms with E-state index in [4.69, 9.17) is 4.74 Å². The standard InChI is InChI=1S/C27H38N2O2/c1-5-25(30)29-14-13-27(4)23-11-12-26(3)21(18-15-19(31-6-2)17-28-16-18)8-9-22(26)20(23)7-10-24(27)29/h8,15-17,20,22-24H,5-7,9-14H2,1-4H3. The highest BCUT2D eigenvalue weighted by molar-refractivity contribution is 5.77. The maximum Gasteiger partial charge on any atom is 0.222 e. The molecule has 3 aliphatic carbocycles. The van der Waals surface area contributed by atoms with E-state index in [2.05, 4.69) is 35.9 Å². The molecular weight excluding hydrogens is 384 g/mol. The molecule has 0 radical (unpaired) electrons. The Kier molecular flexibility index (Phi) is 5.18. The van der Waals surface area contributed by atoms with E-state index in [1.165, 1.54) is 49.7 Å². The predicted molar refractivity (Wildman–Crippen MR) is 124 cm³/mol. The molecule has 0 N–H and O–H groups in total. The summed E-state index contributed by atoms with van der Waals surface area (Å²) in [7, 11) is 0. The second-order valence-corrected chi connectivity index (χ2v) is 10.8. The van der Waals surface area contributed by atoms with Crippen LogP contribution in [-0.2, 0) is 4.79 Å². The number of aromatic nitrogens is 1. The first-order valence-corrected chi connectivity index (χ1v) is 12.5. The zero-order valence-electron chi connectivity index (χ0n) is 19.7. The summed E-state index contributed by atoms with van der Waals surface area (Å²) in [6, 6.07) is 2.65. The van der Waals surface area contributed by atoms with Gasteiger partial charge in [-0.2, -0.15) is 0 Å². The molecular formula is C27H38N2O2. The Bertz CT molecular complexity index is 895. The molecule has 3 fully saturated rings. The fourth-order valence-corrected chi connectivity index (χ4v) is 8.15. The first-order chi connectivity index (χ1) is 14.9. The van der Waals surface area contributed by atoms with Gasteiger partial charge in [-0.15, -0.1) is 0 Å². The van der Waals surface area contributed by atoms with Crippen LogP contribution in [0.2, 0.25) is 0 Å². The predicted octanol–water partition coefficient (Wildman–Crippen LogP) is 5.73. The van der Waals surface area contributed by atoms with Crippen molar-refractivity contribution in [3.05, 3.63) is 30.1 Å². The van der Waals surface area contributed by atoms with Crippen LogP contribution in [-0.4, -0.2) is 35.0 Å². The van der Waals surface area contributed by atoms with E-state index in [-0.39, 0.29) is 5.41 Å². The summed E-state index contributed by atoms with van der Waals surface area (Å²) >= 11 is 0. The van der Waals surface area contributed by atoms with Gasteiger partial charge in [-0.25, -0.2) is 0 Å². The van der Waals surface area contributed by atoms with E-state index in [0.29, 0.717) is 36.3 Å². The van der Waals surface area contributed by atoms with Crippen LogP contribution in [0.15, 0.2) is 24.5 Å². The smallest absolute Gasteiger partial charge is 0.222 e. The molecule has 6 unspecified atom stereocenters. The summed E-state index contributed by atoms with van der Waals surface area (Å²) in [5.74, 6) is 3.47. The van der Waals surface area contributed by atoms with Crippen molar-refractivity contribution in [3.8, 4) is 5.75 Å². The minimum Gasteiger partial charge on any atom is -0.492 e. The van der Waals surface area contributed by atoms with Crippen molar-refractivity contribution >= 4 is 11.5 Å². The lowest BCUT2D eigenvalue weighted by Gasteiger charge is -2.57. The second kappa shape index (κ2) is 7.64. The Labute approximate surface area is 187 Å². The number of rotatable bonds is 4. The van der Waals surface area contributed by atoms with Crippen molar-refractivity contribution in [2.75, 3.05) is 13.2 Å². The van der Waals surface area contributed by atoms with Crippen LogP contribution in [0.25, 0.3) is 5.57 Å². The number of fused-ring (bicyclic) bond motifs is 5. The molecule has 4 heteroatoms. The first-order valence-electron chi connectivity index (χ1n) is 12.5. The van der Waals surface area contributed by atoms with Crippen molar-refractivity contribution in [1.29, 1.82) is 0 Å². The van der Waals surface area contributed by atoms with E-state index in [1.54, 1.807) is 0 Å². The number of allylic oxidation sites excluding steroid dienone is 2. The highest BCUT2D eigenvalue weighted by Crippen LogP contribution is 2.66. The van der Waals surface area contributed by atoms with Crippen molar-refractivity contribution < 1.29 is 9.53 Å². The van der Waals surface area contributed by atoms with Gasteiger partial charge >= 0.3 is 0 Å². The summed E-state index contributed by atoms with van der Waals surface area (Å²) in [5.41, 5.74) is 3.27. The van der Waals surface area contributed by atoms with Gasteiger partial charge in [0, 0.05) is 25.2 Å². The van der Waals surface area contributed by atoms with Gasteiger partial charge < -0.3 is 9.64 Å². The summed E-state index contributed by atoms with van der Waals surface area (Å²) in [6.07, 6.45) is 14.4. The third-order valence-corrected chi connectivity index (χ3v) is 9.63. The van der Waals surface area contributed by atoms with Gasteiger partial charge in [-0.1, -0.05) is 26.8 Å². The highest BCUT2D eigenvalue weighted by Gasteiger charge is 2.60. The molecule has 0 bridgehead atoms. The van der Waals surface area contributed by atoms with Crippen LogP contribution in [0, 0.1) is 28.6 Å². The van der Waals surface area contributed by atoms with Gasteiger partial charge in [-0.3, -0.25) is 9.78 Å². The number of nitrogens with zero attached hydrogens (tertiary/aromatic N) is 2. The number of hydrogen-bond donors (Lipinski definition) is 0. The monoisotopic (exact) mass is 422 g/mol. The lowest BCUT2D eigenvalue weighted by Crippen LogP contribution is -2.54. The molecule has 1 saturated heterocycles. The van der Waals surface area contributed by atoms with Crippen LogP contribution in [0.5, 0.6) is 5.75 Å².